The Labute approximate surface area is 126 Å². The molecule has 2 aromatic heterocycles. The molecular weight excluding hydrogens is 282 g/mol. The van der Waals surface area contributed by atoms with Crippen molar-refractivity contribution in [1.29, 1.82) is 0 Å². The van der Waals surface area contributed by atoms with Crippen LogP contribution in [0, 0.1) is 6.92 Å². The number of aromatic nitrogens is 2. The van der Waals surface area contributed by atoms with Crippen molar-refractivity contribution in [2.75, 3.05) is 5.48 Å². The van der Waals surface area contributed by atoms with E-state index in [1.165, 1.54) is 10.6 Å². The number of carbonyl (C=O) groups excluding carboxylic acids is 1. The smallest absolute Gasteiger partial charge is 0.338 e. The summed E-state index contributed by atoms with van der Waals surface area (Å²) >= 11 is 0. The lowest BCUT2D eigenvalue weighted by atomic mass is 10.2. The van der Waals surface area contributed by atoms with Gasteiger partial charge in [-0.1, -0.05) is 24.3 Å². The molecule has 6 heteroatoms. The standard InChI is InChI=1S/C16H13N3O3/c1-11-6-5-9-19-14(11)17-10-13(15(19)20)16(21)22-18-12-7-3-2-4-8-12/h2-10,18H,1H3. The van der Waals surface area contributed by atoms with Gasteiger partial charge in [-0.2, -0.15) is 0 Å². The number of rotatable bonds is 3. The van der Waals surface area contributed by atoms with Crippen molar-refractivity contribution in [1.82, 2.24) is 9.38 Å². The number of pyridine rings is 1. The molecule has 110 valence electrons. The first-order valence-electron chi connectivity index (χ1n) is 6.66. The fourth-order valence-corrected chi connectivity index (χ4v) is 2.05. The maximum Gasteiger partial charge on any atom is 0.369 e. The van der Waals surface area contributed by atoms with Crippen molar-refractivity contribution < 1.29 is 9.63 Å². The van der Waals surface area contributed by atoms with Gasteiger partial charge in [0.25, 0.3) is 5.56 Å². The van der Waals surface area contributed by atoms with Crippen molar-refractivity contribution in [3.63, 3.8) is 0 Å². The lowest BCUT2D eigenvalue weighted by Crippen LogP contribution is -2.25. The molecule has 6 nitrogen and oxygen atoms in total. The summed E-state index contributed by atoms with van der Waals surface area (Å²) in [6, 6.07) is 12.5. The SMILES string of the molecule is Cc1cccn2c(=O)c(C(=O)ONc3ccccc3)cnc12. The first-order valence-corrected chi connectivity index (χ1v) is 6.66. The van der Waals surface area contributed by atoms with Crippen molar-refractivity contribution in [3.05, 3.63) is 76.3 Å². The molecule has 0 unspecified atom stereocenters. The molecule has 0 saturated heterocycles. The van der Waals surface area contributed by atoms with Gasteiger partial charge in [0.2, 0.25) is 0 Å². The summed E-state index contributed by atoms with van der Waals surface area (Å²) in [5.74, 6) is -0.780. The highest BCUT2D eigenvalue weighted by Gasteiger charge is 2.15. The number of para-hydroxylation sites is 1. The van der Waals surface area contributed by atoms with Gasteiger partial charge in [-0.25, -0.2) is 15.3 Å². The summed E-state index contributed by atoms with van der Waals surface area (Å²) in [6.45, 7) is 1.84. The van der Waals surface area contributed by atoms with Crippen LogP contribution in [0.15, 0.2) is 59.7 Å². The molecule has 0 saturated carbocycles. The number of carbonyl (C=O) groups is 1. The summed E-state index contributed by atoms with van der Waals surface area (Å²) in [6.07, 6.45) is 2.80. The summed E-state index contributed by atoms with van der Waals surface area (Å²) in [4.78, 5) is 33.4. The molecule has 0 aliphatic carbocycles. The van der Waals surface area contributed by atoms with Crippen LogP contribution in [0.25, 0.3) is 5.65 Å². The monoisotopic (exact) mass is 295 g/mol. The molecule has 0 radical (unpaired) electrons. The Bertz CT molecular complexity index is 888. The third-order valence-corrected chi connectivity index (χ3v) is 3.18. The molecule has 3 aromatic rings. The Hall–Kier alpha value is -3.15. The summed E-state index contributed by atoms with van der Waals surface area (Å²) in [5, 5.41) is 0. The second kappa shape index (κ2) is 5.69. The number of hydrogen-bond donors (Lipinski definition) is 1. The summed E-state index contributed by atoms with van der Waals surface area (Å²) in [5.41, 5.74) is 3.88. The Morgan fingerprint density at radius 2 is 1.95 bits per heavy atom. The molecule has 0 bridgehead atoms. The van der Waals surface area contributed by atoms with Crippen molar-refractivity contribution in [3.8, 4) is 0 Å². The van der Waals surface area contributed by atoms with Crippen LogP contribution < -0.4 is 11.0 Å². The van der Waals surface area contributed by atoms with E-state index >= 15 is 0 Å². The molecule has 1 N–H and O–H groups in total. The second-order valence-corrected chi connectivity index (χ2v) is 4.72. The van der Waals surface area contributed by atoms with Gasteiger partial charge in [-0.3, -0.25) is 9.20 Å². The van der Waals surface area contributed by atoms with Crippen LogP contribution in [-0.4, -0.2) is 15.4 Å². The van der Waals surface area contributed by atoms with E-state index in [4.69, 9.17) is 4.84 Å². The molecule has 0 fully saturated rings. The van der Waals surface area contributed by atoms with Crippen LogP contribution >= 0.6 is 0 Å². The van der Waals surface area contributed by atoms with E-state index in [2.05, 4.69) is 10.5 Å². The van der Waals surface area contributed by atoms with Crippen LogP contribution in [0.5, 0.6) is 0 Å². The van der Waals surface area contributed by atoms with E-state index in [9.17, 15) is 9.59 Å². The zero-order valence-electron chi connectivity index (χ0n) is 11.8. The predicted molar refractivity (Wildman–Crippen MR) is 81.7 cm³/mol. The molecule has 3 rings (SSSR count). The fourth-order valence-electron chi connectivity index (χ4n) is 2.05. The Kier molecular flexibility index (Phi) is 3.57. The number of fused-ring (bicyclic) bond motifs is 1. The van der Waals surface area contributed by atoms with Gasteiger partial charge in [0.15, 0.2) is 0 Å². The normalized spacial score (nSPS) is 10.4. The molecule has 1 aromatic carbocycles. The molecule has 0 aliphatic rings. The number of nitrogens with zero attached hydrogens (tertiary/aromatic N) is 2. The Morgan fingerprint density at radius 3 is 2.73 bits per heavy atom. The largest absolute Gasteiger partial charge is 0.369 e. The lowest BCUT2D eigenvalue weighted by Gasteiger charge is -2.07. The molecule has 0 amide bonds. The van der Waals surface area contributed by atoms with Gasteiger partial charge >= 0.3 is 5.97 Å². The molecule has 0 aliphatic heterocycles. The van der Waals surface area contributed by atoms with E-state index in [-0.39, 0.29) is 5.56 Å². The minimum Gasteiger partial charge on any atom is -0.338 e. The Morgan fingerprint density at radius 1 is 1.18 bits per heavy atom. The fraction of sp³-hybridized carbons (Fsp3) is 0.0625. The lowest BCUT2D eigenvalue weighted by molar-refractivity contribution is 0.0593. The van der Waals surface area contributed by atoms with Crippen molar-refractivity contribution >= 4 is 17.3 Å². The third-order valence-electron chi connectivity index (χ3n) is 3.18. The predicted octanol–water partition coefficient (Wildman–Crippen LogP) is 2.19. The summed E-state index contributed by atoms with van der Waals surface area (Å²) < 4.78 is 1.33. The summed E-state index contributed by atoms with van der Waals surface area (Å²) in [7, 11) is 0. The molecule has 22 heavy (non-hydrogen) atoms. The van der Waals surface area contributed by atoms with E-state index in [1.54, 1.807) is 36.5 Å². The maximum atomic E-state index is 12.3. The second-order valence-electron chi connectivity index (χ2n) is 4.72. The van der Waals surface area contributed by atoms with Gasteiger partial charge in [0.05, 0.1) is 5.69 Å². The zero-order valence-corrected chi connectivity index (χ0v) is 11.8. The van der Waals surface area contributed by atoms with Gasteiger partial charge in [-0.05, 0) is 30.7 Å². The first kappa shape index (κ1) is 13.8. The average Bonchev–Trinajstić information content (AvgIpc) is 2.55. The molecule has 0 atom stereocenters. The Balaban J connectivity index is 1.88. The minimum atomic E-state index is -0.780. The van der Waals surface area contributed by atoms with E-state index in [1.807, 2.05) is 19.1 Å². The number of benzene rings is 1. The molecular formula is C16H13N3O3. The maximum absolute atomic E-state index is 12.3. The van der Waals surface area contributed by atoms with E-state index in [0.717, 1.165) is 5.56 Å². The zero-order chi connectivity index (χ0) is 15.5. The van der Waals surface area contributed by atoms with Gasteiger partial charge < -0.3 is 4.84 Å². The average molecular weight is 295 g/mol. The van der Waals surface area contributed by atoms with Gasteiger partial charge in [-0.15, -0.1) is 0 Å². The van der Waals surface area contributed by atoms with Crippen molar-refractivity contribution in [2.24, 2.45) is 0 Å². The minimum absolute atomic E-state index is 0.133. The highest BCUT2D eigenvalue weighted by molar-refractivity contribution is 5.89. The number of hydrogen-bond acceptors (Lipinski definition) is 5. The van der Waals surface area contributed by atoms with Gasteiger partial charge in [0, 0.05) is 12.4 Å². The molecule has 2 heterocycles. The first-order chi connectivity index (χ1) is 10.7. The number of aryl methyl sites for hydroxylation is 1. The topological polar surface area (TPSA) is 72.7 Å². The molecule has 0 spiro atoms. The van der Waals surface area contributed by atoms with Crippen LogP contribution in [0.2, 0.25) is 0 Å². The van der Waals surface area contributed by atoms with Crippen LogP contribution in [0.1, 0.15) is 15.9 Å². The number of nitrogens with one attached hydrogen (secondary N) is 1. The third kappa shape index (κ3) is 2.54. The van der Waals surface area contributed by atoms with Gasteiger partial charge in [0.1, 0.15) is 11.2 Å². The van der Waals surface area contributed by atoms with E-state index in [0.29, 0.717) is 11.3 Å². The van der Waals surface area contributed by atoms with Crippen LogP contribution in [-0.2, 0) is 4.84 Å². The van der Waals surface area contributed by atoms with E-state index < -0.39 is 11.5 Å². The van der Waals surface area contributed by atoms with Crippen molar-refractivity contribution in [2.45, 2.75) is 6.92 Å². The van der Waals surface area contributed by atoms with Crippen LogP contribution in [0.3, 0.4) is 0 Å². The number of anilines is 1. The quantitative estimate of drug-likeness (QED) is 0.750. The highest BCUT2D eigenvalue weighted by atomic mass is 16.7. The highest BCUT2D eigenvalue weighted by Crippen LogP contribution is 2.07. The van der Waals surface area contributed by atoms with Crippen LogP contribution in [0.4, 0.5) is 5.69 Å².